The van der Waals surface area contributed by atoms with Crippen LogP contribution < -0.4 is 10.0 Å². The van der Waals surface area contributed by atoms with Gasteiger partial charge >= 0.3 is 0 Å². The number of piperidine rings is 1. The van der Waals surface area contributed by atoms with Gasteiger partial charge in [0.05, 0.1) is 4.90 Å². The molecule has 0 spiro atoms. The van der Waals surface area contributed by atoms with Crippen molar-refractivity contribution in [3.05, 3.63) is 65.7 Å². The van der Waals surface area contributed by atoms with E-state index in [1.807, 2.05) is 30.3 Å². The molecule has 156 valence electrons. The Morgan fingerprint density at radius 1 is 1.14 bits per heavy atom. The number of amides is 1. The summed E-state index contributed by atoms with van der Waals surface area (Å²) in [6, 6.07) is 15.5. The van der Waals surface area contributed by atoms with Crippen molar-refractivity contribution in [2.45, 2.75) is 31.2 Å². The van der Waals surface area contributed by atoms with Crippen LogP contribution >= 0.6 is 0 Å². The predicted octanol–water partition coefficient (Wildman–Crippen LogP) is 2.63. The Morgan fingerprint density at radius 3 is 2.69 bits per heavy atom. The quantitative estimate of drug-likeness (QED) is 0.695. The summed E-state index contributed by atoms with van der Waals surface area (Å²) < 4.78 is 27.7. The molecule has 0 bridgehead atoms. The highest BCUT2D eigenvalue weighted by molar-refractivity contribution is 7.89. The molecule has 2 aromatic carbocycles. The number of benzene rings is 2. The minimum absolute atomic E-state index is 0.0888. The lowest BCUT2D eigenvalue weighted by molar-refractivity contribution is 0.0943. The number of hydrogen-bond acceptors (Lipinski definition) is 4. The molecule has 1 amide bonds. The van der Waals surface area contributed by atoms with Crippen LogP contribution in [-0.4, -0.2) is 45.4 Å². The Kier molecular flexibility index (Phi) is 7.41. The highest BCUT2D eigenvalue weighted by Gasteiger charge is 2.18. The summed E-state index contributed by atoms with van der Waals surface area (Å²) in [5.74, 6) is 0.444. The smallest absolute Gasteiger partial charge is 0.251 e. The van der Waals surface area contributed by atoms with Crippen molar-refractivity contribution in [2.24, 2.45) is 5.92 Å². The first-order valence-corrected chi connectivity index (χ1v) is 11.6. The van der Waals surface area contributed by atoms with Crippen molar-refractivity contribution in [2.75, 3.05) is 26.2 Å². The molecule has 1 saturated heterocycles. The minimum Gasteiger partial charge on any atom is -0.351 e. The molecule has 1 heterocycles. The fraction of sp³-hybridized carbons (Fsp3) is 0.409. The molecule has 7 heteroatoms. The number of nitrogens with zero attached hydrogens (tertiary/aromatic N) is 1. The Bertz CT molecular complexity index is 916. The van der Waals surface area contributed by atoms with Crippen LogP contribution in [0.5, 0.6) is 0 Å². The lowest BCUT2D eigenvalue weighted by atomic mass is 10.0. The third-order valence-corrected chi connectivity index (χ3v) is 6.57. The fourth-order valence-electron chi connectivity index (χ4n) is 3.58. The molecule has 1 aliphatic rings. The second-order valence-corrected chi connectivity index (χ2v) is 9.41. The second-order valence-electron chi connectivity index (χ2n) is 7.64. The van der Waals surface area contributed by atoms with Gasteiger partial charge in [-0.3, -0.25) is 4.79 Å². The third kappa shape index (κ3) is 6.39. The van der Waals surface area contributed by atoms with E-state index in [1.165, 1.54) is 25.0 Å². The zero-order valence-electron chi connectivity index (χ0n) is 16.8. The van der Waals surface area contributed by atoms with E-state index >= 15 is 0 Å². The van der Waals surface area contributed by atoms with Gasteiger partial charge in [-0.2, -0.15) is 0 Å². The monoisotopic (exact) mass is 415 g/mol. The fourth-order valence-corrected chi connectivity index (χ4v) is 4.64. The number of carbonyl (C=O) groups is 1. The Hall–Kier alpha value is -2.22. The first kappa shape index (κ1) is 21.5. The molecule has 2 aromatic rings. The van der Waals surface area contributed by atoms with Gasteiger partial charge in [0.2, 0.25) is 10.0 Å². The van der Waals surface area contributed by atoms with Gasteiger partial charge in [0.15, 0.2) is 0 Å². The maximum absolute atomic E-state index is 12.6. The molecule has 0 saturated carbocycles. The van der Waals surface area contributed by atoms with E-state index in [4.69, 9.17) is 0 Å². The zero-order chi connectivity index (χ0) is 20.7. The summed E-state index contributed by atoms with van der Waals surface area (Å²) in [5, 5.41) is 2.90. The van der Waals surface area contributed by atoms with Gasteiger partial charge in [-0.15, -0.1) is 0 Å². The summed E-state index contributed by atoms with van der Waals surface area (Å²) in [6.45, 7) is 5.95. The molecule has 29 heavy (non-hydrogen) atoms. The second kappa shape index (κ2) is 10.0. The molecule has 1 atom stereocenters. The van der Waals surface area contributed by atoms with Crippen LogP contribution in [0.15, 0.2) is 59.5 Å². The summed E-state index contributed by atoms with van der Waals surface area (Å²) in [5.41, 5.74) is 1.22. The molecule has 2 N–H and O–H groups in total. The lowest BCUT2D eigenvalue weighted by Gasteiger charge is -2.30. The largest absolute Gasteiger partial charge is 0.351 e. The van der Waals surface area contributed by atoms with Crippen LogP contribution in [0.1, 0.15) is 35.7 Å². The molecule has 0 radical (unpaired) electrons. The Balaban J connectivity index is 1.55. The molecular formula is C22H29N3O3S. The van der Waals surface area contributed by atoms with Crippen LogP contribution in [0, 0.1) is 5.92 Å². The van der Waals surface area contributed by atoms with Gasteiger partial charge in [0.25, 0.3) is 5.91 Å². The first-order chi connectivity index (χ1) is 13.9. The predicted molar refractivity (Wildman–Crippen MR) is 114 cm³/mol. The summed E-state index contributed by atoms with van der Waals surface area (Å²) >= 11 is 0. The number of rotatable bonds is 8. The van der Waals surface area contributed by atoms with E-state index in [0.717, 1.165) is 25.2 Å². The molecule has 6 nitrogen and oxygen atoms in total. The average Bonchev–Trinajstić information content (AvgIpc) is 2.73. The number of hydrogen-bond donors (Lipinski definition) is 2. The molecule has 0 aliphatic carbocycles. The topological polar surface area (TPSA) is 78.5 Å². The van der Waals surface area contributed by atoms with E-state index in [-0.39, 0.29) is 17.3 Å². The van der Waals surface area contributed by atoms with Crippen molar-refractivity contribution < 1.29 is 13.2 Å². The number of nitrogens with one attached hydrogen (secondary N) is 2. The van der Waals surface area contributed by atoms with E-state index in [0.29, 0.717) is 18.0 Å². The zero-order valence-corrected chi connectivity index (χ0v) is 17.6. The standard InChI is InChI=1S/C22H29N3O3S/c1-18-7-6-13-25(17-18)14-12-23-22(26)20-10-5-11-21(15-20)29(27,28)24-16-19-8-3-2-4-9-19/h2-5,8-11,15,18,24H,6-7,12-14,16-17H2,1H3,(H,23,26). The number of carbonyl (C=O) groups excluding carboxylic acids is 1. The van der Waals surface area contributed by atoms with E-state index in [9.17, 15) is 13.2 Å². The molecular weight excluding hydrogens is 386 g/mol. The average molecular weight is 416 g/mol. The summed E-state index contributed by atoms with van der Waals surface area (Å²) in [4.78, 5) is 14.9. The Morgan fingerprint density at radius 2 is 1.93 bits per heavy atom. The van der Waals surface area contributed by atoms with Gasteiger partial charge < -0.3 is 10.2 Å². The van der Waals surface area contributed by atoms with Gasteiger partial charge in [-0.25, -0.2) is 13.1 Å². The van der Waals surface area contributed by atoms with Crippen molar-refractivity contribution >= 4 is 15.9 Å². The minimum atomic E-state index is -3.70. The maximum atomic E-state index is 12.6. The van der Waals surface area contributed by atoms with Gasteiger partial charge in [0.1, 0.15) is 0 Å². The molecule has 1 unspecified atom stereocenters. The van der Waals surface area contributed by atoms with E-state index in [1.54, 1.807) is 12.1 Å². The van der Waals surface area contributed by atoms with Crippen LogP contribution in [0.3, 0.4) is 0 Å². The lowest BCUT2D eigenvalue weighted by Crippen LogP contribution is -2.40. The van der Waals surface area contributed by atoms with Crippen LogP contribution in [-0.2, 0) is 16.6 Å². The number of likely N-dealkylation sites (tertiary alicyclic amines) is 1. The molecule has 3 rings (SSSR count). The van der Waals surface area contributed by atoms with E-state index in [2.05, 4.69) is 21.9 Å². The Labute approximate surface area is 173 Å². The van der Waals surface area contributed by atoms with Crippen molar-refractivity contribution in [1.82, 2.24) is 14.9 Å². The van der Waals surface area contributed by atoms with Crippen molar-refractivity contribution in [1.29, 1.82) is 0 Å². The van der Waals surface area contributed by atoms with Gasteiger partial charge in [-0.05, 0) is 49.1 Å². The third-order valence-electron chi connectivity index (χ3n) is 5.17. The van der Waals surface area contributed by atoms with Gasteiger partial charge in [0, 0.05) is 31.7 Å². The maximum Gasteiger partial charge on any atom is 0.251 e. The first-order valence-electron chi connectivity index (χ1n) is 10.1. The number of sulfonamides is 1. The SMILES string of the molecule is CC1CCCN(CCNC(=O)c2cccc(S(=O)(=O)NCc3ccccc3)c2)C1. The van der Waals surface area contributed by atoms with E-state index < -0.39 is 10.0 Å². The van der Waals surface area contributed by atoms with Crippen LogP contribution in [0.25, 0.3) is 0 Å². The summed E-state index contributed by atoms with van der Waals surface area (Å²) in [6.07, 6.45) is 2.47. The molecule has 0 aromatic heterocycles. The van der Waals surface area contributed by atoms with Crippen molar-refractivity contribution in [3.63, 3.8) is 0 Å². The molecule has 1 aliphatic heterocycles. The van der Waals surface area contributed by atoms with Crippen LogP contribution in [0.2, 0.25) is 0 Å². The normalized spacial score (nSPS) is 17.8. The molecule has 1 fully saturated rings. The highest BCUT2D eigenvalue weighted by Crippen LogP contribution is 2.15. The van der Waals surface area contributed by atoms with Crippen molar-refractivity contribution in [3.8, 4) is 0 Å². The summed E-state index contributed by atoms with van der Waals surface area (Å²) in [7, 11) is -3.70. The van der Waals surface area contributed by atoms with Crippen LogP contribution in [0.4, 0.5) is 0 Å². The van der Waals surface area contributed by atoms with Gasteiger partial charge in [-0.1, -0.05) is 43.3 Å². The highest BCUT2D eigenvalue weighted by atomic mass is 32.2.